The fourth-order valence-corrected chi connectivity index (χ4v) is 4.44. The van der Waals surface area contributed by atoms with Crippen molar-refractivity contribution in [2.45, 2.75) is 18.9 Å². The van der Waals surface area contributed by atoms with Gasteiger partial charge >= 0.3 is 0 Å². The second kappa shape index (κ2) is 6.45. The van der Waals surface area contributed by atoms with Crippen LogP contribution in [0.2, 0.25) is 5.02 Å². The van der Waals surface area contributed by atoms with Crippen molar-refractivity contribution in [3.05, 3.63) is 75.0 Å². The highest BCUT2D eigenvalue weighted by atomic mass is 35.5. The summed E-state index contributed by atoms with van der Waals surface area (Å²) >= 11 is 6.59. The first kappa shape index (κ1) is 17.1. The summed E-state index contributed by atoms with van der Waals surface area (Å²) in [6.07, 6.45) is 0.948. The van der Waals surface area contributed by atoms with Crippen molar-refractivity contribution in [1.29, 1.82) is 0 Å². The van der Waals surface area contributed by atoms with E-state index in [1.807, 2.05) is 30.3 Å². The highest BCUT2D eigenvalue weighted by Gasteiger charge is 2.38. The molecule has 0 bridgehead atoms. The molecule has 2 aromatic carbocycles. The number of aryl methyl sites for hydroxylation is 2. The summed E-state index contributed by atoms with van der Waals surface area (Å²) in [5.41, 5.74) is 3.97. The molecule has 4 rings (SSSR count). The molecule has 1 aliphatic rings. The molecule has 134 valence electrons. The lowest BCUT2D eigenvalue weighted by molar-refractivity contribution is 0.540. The monoisotopic (exact) mass is 367 g/mol. The topological polar surface area (TPSA) is 46.1 Å². The Labute approximate surface area is 157 Å². The van der Waals surface area contributed by atoms with Gasteiger partial charge in [0.15, 0.2) is 0 Å². The SMILES string of the molecule is Cc1cccc(Cl)c1[C@]1(Nc2ccc3ccc(=O)n(C)c3c2)CCNC1. The molecule has 1 aromatic heterocycles. The Kier molecular flexibility index (Phi) is 4.25. The molecule has 0 unspecified atom stereocenters. The minimum atomic E-state index is -0.260. The van der Waals surface area contributed by atoms with E-state index in [1.165, 1.54) is 5.56 Å². The van der Waals surface area contributed by atoms with Crippen LogP contribution in [0.1, 0.15) is 17.5 Å². The first-order chi connectivity index (χ1) is 12.5. The van der Waals surface area contributed by atoms with E-state index in [0.29, 0.717) is 0 Å². The van der Waals surface area contributed by atoms with E-state index >= 15 is 0 Å². The van der Waals surface area contributed by atoms with Gasteiger partial charge in [0.2, 0.25) is 0 Å². The summed E-state index contributed by atoms with van der Waals surface area (Å²) in [6.45, 7) is 3.85. The smallest absolute Gasteiger partial charge is 0.250 e. The van der Waals surface area contributed by atoms with Gasteiger partial charge in [-0.05, 0) is 55.1 Å². The molecule has 1 saturated heterocycles. The van der Waals surface area contributed by atoms with E-state index in [0.717, 1.165) is 46.7 Å². The Morgan fingerprint density at radius 2 is 2.00 bits per heavy atom. The lowest BCUT2D eigenvalue weighted by Gasteiger charge is -2.34. The minimum Gasteiger partial charge on any atom is -0.374 e. The van der Waals surface area contributed by atoms with E-state index < -0.39 is 0 Å². The van der Waals surface area contributed by atoms with Crippen molar-refractivity contribution in [2.75, 3.05) is 18.4 Å². The second-order valence-corrected chi connectivity index (χ2v) is 7.48. The number of pyridine rings is 1. The Morgan fingerprint density at radius 3 is 2.73 bits per heavy atom. The van der Waals surface area contributed by atoms with Crippen LogP contribution < -0.4 is 16.2 Å². The number of nitrogens with zero attached hydrogens (tertiary/aromatic N) is 1. The molecule has 26 heavy (non-hydrogen) atoms. The van der Waals surface area contributed by atoms with E-state index in [2.05, 4.69) is 29.7 Å². The van der Waals surface area contributed by atoms with Gasteiger partial charge in [-0.15, -0.1) is 0 Å². The third kappa shape index (κ3) is 2.79. The standard InChI is InChI=1S/C21H22ClN3O/c1-14-4-3-5-17(22)20(14)21(10-11-23-13-21)24-16-8-6-15-7-9-19(26)25(2)18(15)12-16/h3-9,12,23-24H,10-11,13H2,1-2H3/t21-/m0/s1. The summed E-state index contributed by atoms with van der Waals surface area (Å²) < 4.78 is 1.68. The number of aromatic nitrogens is 1. The zero-order chi connectivity index (χ0) is 18.3. The third-order valence-electron chi connectivity index (χ3n) is 5.37. The molecule has 0 saturated carbocycles. The highest BCUT2D eigenvalue weighted by Crippen LogP contribution is 2.38. The average Bonchev–Trinajstić information content (AvgIpc) is 3.07. The van der Waals surface area contributed by atoms with Crippen molar-refractivity contribution in [1.82, 2.24) is 9.88 Å². The predicted molar refractivity (Wildman–Crippen MR) is 108 cm³/mol. The van der Waals surface area contributed by atoms with Crippen molar-refractivity contribution < 1.29 is 0 Å². The van der Waals surface area contributed by atoms with E-state index in [9.17, 15) is 4.79 Å². The molecule has 5 heteroatoms. The van der Waals surface area contributed by atoms with Gasteiger partial charge < -0.3 is 15.2 Å². The lowest BCUT2D eigenvalue weighted by Crippen LogP contribution is -2.38. The van der Waals surface area contributed by atoms with E-state index in [-0.39, 0.29) is 11.1 Å². The number of anilines is 1. The summed E-state index contributed by atoms with van der Waals surface area (Å²) in [5, 5.41) is 9.03. The van der Waals surface area contributed by atoms with Crippen molar-refractivity contribution in [3.63, 3.8) is 0 Å². The van der Waals surface area contributed by atoms with E-state index in [4.69, 9.17) is 11.6 Å². The number of nitrogens with one attached hydrogen (secondary N) is 2. The van der Waals surface area contributed by atoms with Crippen molar-refractivity contribution in [3.8, 4) is 0 Å². The predicted octanol–water partition coefficient (Wildman–Crippen LogP) is 3.80. The number of benzene rings is 2. The molecule has 2 heterocycles. The van der Waals surface area contributed by atoms with Crippen molar-refractivity contribution in [2.24, 2.45) is 7.05 Å². The largest absolute Gasteiger partial charge is 0.374 e. The normalized spacial score (nSPS) is 19.8. The number of hydrogen-bond donors (Lipinski definition) is 2. The molecule has 0 aliphatic carbocycles. The van der Waals surface area contributed by atoms with Gasteiger partial charge in [-0.25, -0.2) is 0 Å². The molecule has 1 fully saturated rings. The summed E-state index contributed by atoms with van der Waals surface area (Å²) in [4.78, 5) is 12.0. The summed E-state index contributed by atoms with van der Waals surface area (Å²) in [7, 11) is 1.81. The zero-order valence-corrected chi connectivity index (χ0v) is 15.7. The number of fused-ring (bicyclic) bond motifs is 1. The minimum absolute atomic E-state index is 0.00570. The molecule has 1 aliphatic heterocycles. The Balaban J connectivity index is 1.82. The van der Waals surface area contributed by atoms with Gasteiger partial charge in [-0.3, -0.25) is 4.79 Å². The third-order valence-corrected chi connectivity index (χ3v) is 5.68. The summed E-state index contributed by atoms with van der Waals surface area (Å²) in [5.74, 6) is 0. The van der Waals surface area contributed by atoms with Gasteiger partial charge in [0.1, 0.15) is 0 Å². The molecule has 0 radical (unpaired) electrons. The van der Waals surface area contributed by atoms with Crippen LogP contribution in [0.15, 0.2) is 53.3 Å². The van der Waals surface area contributed by atoms with Crippen LogP contribution in [-0.4, -0.2) is 17.7 Å². The summed E-state index contributed by atoms with van der Waals surface area (Å²) in [6, 6.07) is 15.7. The molecule has 0 amide bonds. The fraction of sp³-hybridized carbons (Fsp3) is 0.286. The quantitative estimate of drug-likeness (QED) is 0.740. The van der Waals surface area contributed by atoms with Crippen LogP contribution in [0.5, 0.6) is 0 Å². The maximum Gasteiger partial charge on any atom is 0.250 e. The fourth-order valence-electron chi connectivity index (χ4n) is 4.03. The number of rotatable bonds is 3. The van der Waals surface area contributed by atoms with Crippen LogP contribution in [0, 0.1) is 6.92 Å². The Bertz CT molecular complexity index is 1010. The molecule has 0 spiro atoms. The van der Waals surface area contributed by atoms with Gasteiger partial charge in [0.05, 0.1) is 11.1 Å². The van der Waals surface area contributed by atoms with Gasteiger partial charge in [0.25, 0.3) is 5.56 Å². The number of halogens is 1. The van der Waals surface area contributed by atoms with Crippen LogP contribution in [0.3, 0.4) is 0 Å². The molecular formula is C21H22ClN3O. The van der Waals surface area contributed by atoms with E-state index in [1.54, 1.807) is 17.7 Å². The second-order valence-electron chi connectivity index (χ2n) is 7.07. The Morgan fingerprint density at radius 1 is 1.19 bits per heavy atom. The van der Waals surface area contributed by atoms with Crippen LogP contribution in [-0.2, 0) is 12.6 Å². The maximum absolute atomic E-state index is 12.0. The van der Waals surface area contributed by atoms with Crippen molar-refractivity contribution >= 4 is 28.2 Å². The Hall–Kier alpha value is -2.30. The van der Waals surface area contributed by atoms with Crippen LogP contribution in [0.4, 0.5) is 5.69 Å². The first-order valence-electron chi connectivity index (χ1n) is 8.84. The highest BCUT2D eigenvalue weighted by molar-refractivity contribution is 6.31. The maximum atomic E-state index is 12.0. The average molecular weight is 368 g/mol. The number of hydrogen-bond acceptors (Lipinski definition) is 3. The van der Waals surface area contributed by atoms with Crippen LogP contribution >= 0.6 is 11.6 Å². The first-order valence-corrected chi connectivity index (χ1v) is 9.22. The molecule has 3 aromatic rings. The lowest BCUT2D eigenvalue weighted by atomic mass is 9.85. The molecule has 4 nitrogen and oxygen atoms in total. The van der Waals surface area contributed by atoms with Gasteiger partial charge in [-0.1, -0.05) is 29.8 Å². The molecule has 2 N–H and O–H groups in total. The zero-order valence-electron chi connectivity index (χ0n) is 15.0. The van der Waals surface area contributed by atoms with Crippen LogP contribution in [0.25, 0.3) is 10.9 Å². The molecule has 1 atom stereocenters. The van der Waals surface area contributed by atoms with Gasteiger partial charge in [-0.2, -0.15) is 0 Å². The molecular weight excluding hydrogens is 346 g/mol. The van der Waals surface area contributed by atoms with Gasteiger partial charge in [0, 0.05) is 35.9 Å².